The van der Waals surface area contributed by atoms with E-state index < -0.39 is 0 Å². The number of esters is 1. The van der Waals surface area contributed by atoms with Gasteiger partial charge in [-0.2, -0.15) is 0 Å². The molecule has 0 saturated heterocycles. The number of hydrogen-bond donors (Lipinski definition) is 0. The highest BCUT2D eigenvalue weighted by atomic mass is 16.5. The van der Waals surface area contributed by atoms with E-state index in [9.17, 15) is 4.79 Å². The Morgan fingerprint density at radius 3 is 2.60 bits per heavy atom. The molecule has 0 bridgehead atoms. The van der Waals surface area contributed by atoms with Gasteiger partial charge < -0.3 is 9.47 Å². The molecule has 0 amide bonds. The van der Waals surface area contributed by atoms with Crippen LogP contribution in [0.5, 0.6) is 11.5 Å². The molecule has 0 radical (unpaired) electrons. The predicted octanol–water partition coefficient (Wildman–Crippen LogP) is 3.44. The molecule has 2 aromatic rings. The molecule has 0 N–H and O–H groups in total. The third kappa shape index (κ3) is 2.27. The van der Waals surface area contributed by atoms with Gasteiger partial charge in [0.1, 0.15) is 11.5 Å². The van der Waals surface area contributed by atoms with Crippen LogP contribution in [0.4, 0.5) is 0 Å². The number of carbonyl (C=O) groups is 1. The summed E-state index contributed by atoms with van der Waals surface area (Å²) < 4.78 is 10.6. The number of carbonyl (C=O) groups excluding carboxylic acids is 1. The molecule has 0 aromatic heterocycles. The summed E-state index contributed by atoms with van der Waals surface area (Å²) >= 11 is 0. The smallest absolute Gasteiger partial charge is 0.312 e. The van der Waals surface area contributed by atoms with Crippen LogP contribution in [0.25, 0.3) is 0 Å². The summed E-state index contributed by atoms with van der Waals surface area (Å²) in [7, 11) is 1.64. The predicted molar refractivity (Wildman–Crippen MR) is 76.3 cm³/mol. The maximum atomic E-state index is 11.8. The molecule has 0 unspecified atom stereocenters. The van der Waals surface area contributed by atoms with Crippen molar-refractivity contribution < 1.29 is 14.3 Å². The van der Waals surface area contributed by atoms with Crippen LogP contribution in [-0.4, -0.2) is 13.1 Å². The van der Waals surface area contributed by atoms with Crippen molar-refractivity contribution in [1.29, 1.82) is 0 Å². The first kappa shape index (κ1) is 12.7. The standard InChI is InChI=1S/C17H16O3/c1-11-3-5-12(6-4-11)14-10-17(18)20-16-8-7-13(19-2)9-15(14)16/h3-9,14H,10H2,1-2H3/t14-/m0/s1. The van der Waals surface area contributed by atoms with E-state index in [4.69, 9.17) is 9.47 Å². The minimum absolute atomic E-state index is 0.0296. The fraction of sp³-hybridized carbons (Fsp3) is 0.235. The first-order chi connectivity index (χ1) is 9.67. The Labute approximate surface area is 118 Å². The Morgan fingerprint density at radius 2 is 1.90 bits per heavy atom. The molecule has 0 saturated carbocycles. The third-order valence-electron chi connectivity index (χ3n) is 3.67. The Balaban J connectivity index is 2.08. The van der Waals surface area contributed by atoms with Crippen LogP contribution in [0.15, 0.2) is 42.5 Å². The molecule has 1 aliphatic rings. The van der Waals surface area contributed by atoms with E-state index in [0.717, 1.165) is 16.9 Å². The molecule has 3 rings (SSSR count). The monoisotopic (exact) mass is 268 g/mol. The second-order valence-electron chi connectivity index (χ2n) is 5.05. The zero-order chi connectivity index (χ0) is 14.1. The Bertz CT molecular complexity index is 644. The molecule has 1 heterocycles. The van der Waals surface area contributed by atoms with Gasteiger partial charge >= 0.3 is 5.97 Å². The molecular formula is C17H16O3. The van der Waals surface area contributed by atoms with Gasteiger partial charge in [-0.3, -0.25) is 4.79 Å². The van der Waals surface area contributed by atoms with E-state index in [-0.39, 0.29) is 11.9 Å². The molecule has 1 aliphatic heterocycles. The van der Waals surface area contributed by atoms with Crippen LogP contribution in [-0.2, 0) is 4.79 Å². The lowest BCUT2D eigenvalue weighted by molar-refractivity contribution is -0.135. The van der Waals surface area contributed by atoms with Crippen LogP contribution in [0.1, 0.15) is 29.0 Å². The molecule has 0 aliphatic carbocycles. The summed E-state index contributed by atoms with van der Waals surface area (Å²) in [6.07, 6.45) is 0.364. The first-order valence-electron chi connectivity index (χ1n) is 6.62. The van der Waals surface area contributed by atoms with Crippen molar-refractivity contribution in [3.8, 4) is 11.5 Å². The van der Waals surface area contributed by atoms with Gasteiger partial charge in [0.2, 0.25) is 0 Å². The van der Waals surface area contributed by atoms with Crippen LogP contribution < -0.4 is 9.47 Å². The number of methoxy groups -OCH3 is 1. The highest BCUT2D eigenvalue weighted by molar-refractivity contribution is 5.77. The van der Waals surface area contributed by atoms with Crippen LogP contribution in [0, 0.1) is 6.92 Å². The SMILES string of the molecule is COc1ccc2c(c1)[C@H](c1ccc(C)cc1)CC(=O)O2. The van der Waals surface area contributed by atoms with Crippen molar-refractivity contribution in [2.45, 2.75) is 19.3 Å². The first-order valence-corrected chi connectivity index (χ1v) is 6.62. The van der Waals surface area contributed by atoms with Crippen LogP contribution in [0.2, 0.25) is 0 Å². The average Bonchev–Trinajstić information content (AvgIpc) is 2.47. The molecule has 0 fully saturated rings. The molecule has 0 spiro atoms. The molecule has 20 heavy (non-hydrogen) atoms. The summed E-state index contributed by atoms with van der Waals surface area (Å²) in [6, 6.07) is 13.8. The van der Waals surface area contributed by atoms with Crippen molar-refractivity contribution in [2.75, 3.05) is 7.11 Å². The van der Waals surface area contributed by atoms with Gasteiger partial charge in [-0.05, 0) is 30.7 Å². The topological polar surface area (TPSA) is 35.5 Å². The summed E-state index contributed by atoms with van der Waals surface area (Å²) in [5, 5.41) is 0. The maximum absolute atomic E-state index is 11.8. The summed E-state index contributed by atoms with van der Waals surface area (Å²) in [5.41, 5.74) is 3.34. The third-order valence-corrected chi connectivity index (χ3v) is 3.67. The summed E-state index contributed by atoms with van der Waals surface area (Å²) in [5.74, 6) is 1.25. The van der Waals surface area contributed by atoms with E-state index in [1.807, 2.05) is 12.1 Å². The maximum Gasteiger partial charge on any atom is 0.312 e. The molecule has 3 nitrogen and oxygen atoms in total. The number of aryl methyl sites for hydroxylation is 1. The molecule has 2 aromatic carbocycles. The zero-order valence-electron chi connectivity index (χ0n) is 11.6. The van der Waals surface area contributed by atoms with E-state index >= 15 is 0 Å². The number of hydrogen-bond acceptors (Lipinski definition) is 3. The molecule has 102 valence electrons. The molecular weight excluding hydrogens is 252 g/mol. The van der Waals surface area contributed by atoms with E-state index in [2.05, 4.69) is 31.2 Å². The second kappa shape index (κ2) is 5.00. The van der Waals surface area contributed by atoms with Crippen LogP contribution >= 0.6 is 0 Å². The van der Waals surface area contributed by atoms with Gasteiger partial charge in [0.25, 0.3) is 0 Å². The van der Waals surface area contributed by atoms with Gasteiger partial charge in [-0.15, -0.1) is 0 Å². The van der Waals surface area contributed by atoms with Gasteiger partial charge in [-0.1, -0.05) is 29.8 Å². The number of benzene rings is 2. The van der Waals surface area contributed by atoms with Crippen molar-refractivity contribution in [3.05, 3.63) is 59.2 Å². The number of rotatable bonds is 2. The molecule has 3 heteroatoms. The van der Waals surface area contributed by atoms with Crippen molar-refractivity contribution >= 4 is 5.97 Å². The largest absolute Gasteiger partial charge is 0.497 e. The fourth-order valence-corrected chi connectivity index (χ4v) is 2.56. The quantitative estimate of drug-likeness (QED) is 0.618. The highest BCUT2D eigenvalue weighted by Crippen LogP contribution is 2.40. The van der Waals surface area contributed by atoms with E-state index in [1.54, 1.807) is 13.2 Å². The second-order valence-corrected chi connectivity index (χ2v) is 5.05. The van der Waals surface area contributed by atoms with Gasteiger partial charge in [0.05, 0.1) is 13.5 Å². The lowest BCUT2D eigenvalue weighted by Crippen LogP contribution is -2.21. The van der Waals surface area contributed by atoms with Crippen molar-refractivity contribution in [1.82, 2.24) is 0 Å². The van der Waals surface area contributed by atoms with Crippen molar-refractivity contribution in [3.63, 3.8) is 0 Å². The Morgan fingerprint density at radius 1 is 1.15 bits per heavy atom. The lowest BCUT2D eigenvalue weighted by Gasteiger charge is -2.25. The summed E-state index contributed by atoms with van der Waals surface area (Å²) in [4.78, 5) is 11.8. The summed E-state index contributed by atoms with van der Waals surface area (Å²) in [6.45, 7) is 2.05. The normalized spacial score (nSPS) is 17.3. The lowest BCUT2D eigenvalue weighted by atomic mass is 9.86. The number of ether oxygens (including phenoxy) is 2. The molecule has 1 atom stereocenters. The Hall–Kier alpha value is -2.29. The van der Waals surface area contributed by atoms with Gasteiger partial charge in [0.15, 0.2) is 0 Å². The van der Waals surface area contributed by atoms with E-state index in [1.165, 1.54) is 5.56 Å². The zero-order valence-corrected chi connectivity index (χ0v) is 11.6. The van der Waals surface area contributed by atoms with Gasteiger partial charge in [0, 0.05) is 11.5 Å². The Kier molecular flexibility index (Phi) is 3.18. The average molecular weight is 268 g/mol. The fourth-order valence-electron chi connectivity index (χ4n) is 2.56. The van der Waals surface area contributed by atoms with E-state index in [0.29, 0.717) is 12.2 Å². The van der Waals surface area contributed by atoms with Crippen molar-refractivity contribution in [2.24, 2.45) is 0 Å². The highest BCUT2D eigenvalue weighted by Gasteiger charge is 2.28. The number of fused-ring (bicyclic) bond motifs is 1. The minimum Gasteiger partial charge on any atom is -0.497 e. The van der Waals surface area contributed by atoms with Crippen LogP contribution in [0.3, 0.4) is 0 Å². The minimum atomic E-state index is -0.187. The van der Waals surface area contributed by atoms with Gasteiger partial charge in [-0.25, -0.2) is 0 Å².